The molecule has 0 aliphatic rings. The third kappa shape index (κ3) is 6.76. The van der Waals surface area contributed by atoms with E-state index in [0.29, 0.717) is 11.5 Å². The molecule has 1 aromatic carbocycles. The van der Waals surface area contributed by atoms with Gasteiger partial charge in [-0.25, -0.2) is 18.2 Å². The molecule has 0 atom stereocenters. The molecule has 0 unspecified atom stereocenters. The molecule has 2 aromatic rings. The lowest BCUT2D eigenvalue weighted by atomic mass is 10.1. The highest BCUT2D eigenvalue weighted by atomic mass is 35.5. The average Bonchev–Trinajstić information content (AvgIpc) is 2.56. The van der Waals surface area contributed by atoms with E-state index in [1.807, 2.05) is 0 Å². The van der Waals surface area contributed by atoms with Crippen molar-refractivity contribution in [3.05, 3.63) is 51.9 Å². The molecule has 28 heavy (non-hydrogen) atoms. The molecule has 0 saturated carbocycles. The van der Waals surface area contributed by atoms with Crippen molar-refractivity contribution < 1.29 is 20.8 Å². The summed E-state index contributed by atoms with van der Waals surface area (Å²) < 4.78 is 40.5. The molecule has 1 aromatic heterocycles. The van der Waals surface area contributed by atoms with E-state index in [2.05, 4.69) is 15.6 Å². The van der Waals surface area contributed by atoms with Crippen molar-refractivity contribution in [2.75, 3.05) is 17.6 Å². The predicted molar refractivity (Wildman–Crippen MR) is 111 cm³/mol. The Labute approximate surface area is 175 Å². The van der Waals surface area contributed by atoms with E-state index < -0.39 is 24.2 Å². The van der Waals surface area contributed by atoms with Crippen LogP contribution in [-0.2, 0) is 17.8 Å². The van der Waals surface area contributed by atoms with Crippen molar-refractivity contribution in [3.8, 4) is 0 Å². The number of carbonyl (C=O) groups is 1. The Kier molecular flexibility index (Phi) is 8.38. The number of nitrogens with zero attached hydrogens (tertiary/aromatic N) is 1. The summed E-state index contributed by atoms with van der Waals surface area (Å²) in [6.07, 6.45) is -0.329. The second kappa shape index (κ2) is 9.84. The van der Waals surface area contributed by atoms with Gasteiger partial charge in [0.15, 0.2) is 5.82 Å². The van der Waals surface area contributed by atoms with Crippen LogP contribution in [-0.4, -0.2) is 23.4 Å². The smallest absolute Gasteiger partial charge is 0.262 e. The molecule has 0 spiro atoms. The molecule has 0 saturated heterocycles. The van der Waals surface area contributed by atoms with Crippen molar-refractivity contribution in [1.82, 2.24) is 10.3 Å². The number of nitrogens with one attached hydrogen (secondary N) is 2. The maximum Gasteiger partial charge on any atom is 0.262 e. The summed E-state index contributed by atoms with van der Waals surface area (Å²) in [5.74, 6) is -3.93. The van der Waals surface area contributed by atoms with Crippen LogP contribution in [0, 0.1) is 12.7 Å². The van der Waals surface area contributed by atoms with Gasteiger partial charge in [-0.2, -0.15) is 0 Å². The molecule has 1 heterocycles. The number of alkyl halides is 2. The van der Waals surface area contributed by atoms with E-state index in [1.165, 1.54) is 12.1 Å². The molecule has 0 bridgehead atoms. The predicted octanol–water partition coefficient (Wildman–Crippen LogP) is 4.60. The normalized spacial score (nSPS) is 10.9. The molecule has 0 aliphatic carbocycles. The Morgan fingerprint density at radius 3 is 2.61 bits per heavy atom. The Morgan fingerprint density at radius 1 is 1.32 bits per heavy atom. The minimum atomic E-state index is -3.01. The lowest BCUT2D eigenvalue weighted by molar-refractivity contribution is -0.120. The number of halogens is 5. The Balaban J connectivity index is 0. The Bertz CT molecular complexity index is 855. The van der Waals surface area contributed by atoms with E-state index >= 15 is 0 Å². The fourth-order valence-electron chi connectivity index (χ4n) is 2.36. The van der Waals surface area contributed by atoms with Crippen LogP contribution in [0.3, 0.4) is 0 Å². The molecule has 0 fully saturated rings. The number of pyridine rings is 1. The van der Waals surface area contributed by atoms with Gasteiger partial charge in [-0.15, -0.1) is 12.4 Å². The van der Waals surface area contributed by atoms with Gasteiger partial charge >= 0.3 is 0 Å². The van der Waals surface area contributed by atoms with Gasteiger partial charge in [0.1, 0.15) is 5.82 Å². The topological polar surface area (TPSA) is 80.0 Å². The van der Waals surface area contributed by atoms with Crippen LogP contribution in [0.15, 0.2) is 24.3 Å². The second-order valence-electron chi connectivity index (χ2n) is 6.25. The van der Waals surface area contributed by atoms with Gasteiger partial charge in [0.25, 0.3) is 5.92 Å². The summed E-state index contributed by atoms with van der Waals surface area (Å²) in [4.78, 5) is 16.3. The molecule has 158 valence electrons. The van der Waals surface area contributed by atoms with Crippen molar-refractivity contribution in [3.63, 3.8) is 0 Å². The van der Waals surface area contributed by atoms with Crippen LogP contribution >= 0.6 is 24.0 Å². The zero-order valence-electron chi connectivity index (χ0n) is 15.3. The highest BCUT2D eigenvalue weighted by Gasteiger charge is 2.22. The minimum Gasteiger partial charge on any atom is -0.384 e. The molecule has 1 amide bonds. The van der Waals surface area contributed by atoms with Gasteiger partial charge in [-0.05, 0) is 30.7 Å². The average molecular weight is 441 g/mol. The molecule has 0 aliphatic heterocycles. The summed E-state index contributed by atoms with van der Waals surface area (Å²) >= 11 is 5.98. The zero-order valence-corrected chi connectivity index (χ0v) is 16.9. The van der Waals surface area contributed by atoms with Gasteiger partial charge in [-0.1, -0.05) is 17.7 Å². The lowest BCUT2D eigenvalue weighted by Crippen LogP contribution is -2.26. The number of aromatic nitrogens is 1. The highest BCUT2D eigenvalue weighted by molar-refractivity contribution is 6.31. The first-order valence-electron chi connectivity index (χ1n) is 8.14. The van der Waals surface area contributed by atoms with Crippen molar-refractivity contribution in [1.29, 1.82) is 0 Å². The summed E-state index contributed by atoms with van der Waals surface area (Å²) in [6, 6.07) is 5.97. The summed E-state index contributed by atoms with van der Waals surface area (Å²) in [5.41, 5.74) is 6.82. The number of nitrogens with two attached hydrogens (primary N) is 1. The standard InChI is InChI=1S/C18H20ClF3N4O.ClH.2H2/c1-10-11(3-6-15(23)26-10)8-24-16(27)7-12-13(19)4-5-14(17(12)20)25-9-18(2,21)22;;;/h3-6,25H,7-9H2,1-2H3,(H2,23,26)(H,24,27);3*1H. The number of anilines is 2. The fraction of sp³-hybridized carbons (Fsp3) is 0.333. The van der Waals surface area contributed by atoms with Gasteiger partial charge < -0.3 is 16.4 Å². The largest absolute Gasteiger partial charge is 0.384 e. The van der Waals surface area contributed by atoms with Crippen LogP contribution in [0.2, 0.25) is 5.02 Å². The van der Waals surface area contributed by atoms with Gasteiger partial charge in [-0.3, -0.25) is 4.79 Å². The van der Waals surface area contributed by atoms with E-state index in [0.717, 1.165) is 12.5 Å². The zero-order chi connectivity index (χ0) is 20.2. The molecule has 2 rings (SSSR count). The third-order valence-corrected chi connectivity index (χ3v) is 4.16. The first-order valence-corrected chi connectivity index (χ1v) is 8.52. The van der Waals surface area contributed by atoms with E-state index in [1.54, 1.807) is 19.1 Å². The van der Waals surface area contributed by atoms with Crippen LogP contribution < -0.4 is 16.4 Å². The van der Waals surface area contributed by atoms with Crippen molar-refractivity contribution in [2.24, 2.45) is 0 Å². The summed E-state index contributed by atoms with van der Waals surface area (Å²) in [6.45, 7) is 1.93. The van der Waals surface area contributed by atoms with Crippen molar-refractivity contribution in [2.45, 2.75) is 32.7 Å². The van der Waals surface area contributed by atoms with E-state index in [4.69, 9.17) is 17.3 Å². The number of hydrogen-bond donors (Lipinski definition) is 3. The third-order valence-electron chi connectivity index (χ3n) is 3.81. The van der Waals surface area contributed by atoms with Crippen LogP contribution in [0.5, 0.6) is 0 Å². The number of amides is 1. The maximum atomic E-state index is 14.5. The van der Waals surface area contributed by atoms with Crippen LogP contribution in [0.1, 0.15) is 26.6 Å². The van der Waals surface area contributed by atoms with Crippen LogP contribution in [0.4, 0.5) is 24.7 Å². The Morgan fingerprint density at radius 2 is 2.00 bits per heavy atom. The highest BCUT2D eigenvalue weighted by Crippen LogP contribution is 2.27. The number of benzene rings is 1. The molecule has 0 radical (unpaired) electrons. The molecule has 10 heteroatoms. The number of rotatable bonds is 7. The lowest BCUT2D eigenvalue weighted by Gasteiger charge is -2.15. The summed E-state index contributed by atoms with van der Waals surface area (Å²) in [7, 11) is 0. The van der Waals surface area contributed by atoms with Gasteiger partial charge in [0.05, 0.1) is 18.7 Å². The first-order chi connectivity index (χ1) is 12.6. The monoisotopic (exact) mass is 440 g/mol. The second-order valence-corrected chi connectivity index (χ2v) is 6.65. The van der Waals surface area contributed by atoms with Gasteiger partial charge in [0, 0.05) is 32.6 Å². The number of hydrogen-bond acceptors (Lipinski definition) is 4. The van der Waals surface area contributed by atoms with Crippen molar-refractivity contribution >= 4 is 41.4 Å². The maximum absolute atomic E-state index is 14.5. The quantitative estimate of drug-likeness (QED) is 0.587. The number of nitrogen functional groups attached to an aromatic ring is 1. The van der Waals surface area contributed by atoms with E-state index in [9.17, 15) is 18.0 Å². The SMILES string of the molecule is Cc1nc(N)ccc1CNC(=O)Cc1c(Cl)ccc(NCC(C)(F)F)c1F.Cl.[HH].[HH]. The first kappa shape index (κ1) is 23.8. The molecular formula is C18H25Cl2F3N4O. The van der Waals surface area contributed by atoms with Gasteiger partial charge in [0.2, 0.25) is 5.91 Å². The minimum absolute atomic E-state index is 0. The Hall–Kier alpha value is -2.19. The molecule has 4 N–H and O–H groups in total. The van der Waals surface area contributed by atoms with Crippen LogP contribution in [0.25, 0.3) is 0 Å². The molecule has 5 nitrogen and oxygen atoms in total. The number of aryl methyl sites for hydroxylation is 1. The van der Waals surface area contributed by atoms with E-state index in [-0.39, 0.29) is 44.5 Å². The summed E-state index contributed by atoms with van der Waals surface area (Å²) in [5, 5.41) is 5.02. The molecular weight excluding hydrogens is 416 g/mol. The fourth-order valence-corrected chi connectivity index (χ4v) is 2.57. The number of carbonyl (C=O) groups excluding carboxylic acids is 1.